The predicted molar refractivity (Wildman–Crippen MR) is 80.2 cm³/mol. The zero-order valence-corrected chi connectivity index (χ0v) is 13.0. The van der Waals surface area contributed by atoms with E-state index in [4.69, 9.17) is 5.73 Å². The molecular formula is C14H22N2O3S. The maximum absolute atomic E-state index is 12.4. The van der Waals surface area contributed by atoms with Crippen LogP contribution in [0.1, 0.15) is 32.3 Å². The van der Waals surface area contributed by atoms with Gasteiger partial charge in [0.05, 0.1) is 10.6 Å². The van der Waals surface area contributed by atoms with Crippen molar-refractivity contribution in [1.29, 1.82) is 0 Å². The number of anilines is 1. The van der Waals surface area contributed by atoms with E-state index < -0.39 is 21.0 Å². The van der Waals surface area contributed by atoms with Gasteiger partial charge in [0.15, 0.2) is 9.84 Å². The first-order valence-electron chi connectivity index (χ1n) is 6.68. The summed E-state index contributed by atoms with van der Waals surface area (Å²) in [6, 6.07) is 4.72. The van der Waals surface area contributed by atoms with Gasteiger partial charge in [0.2, 0.25) is 5.91 Å². The summed E-state index contributed by atoms with van der Waals surface area (Å²) >= 11 is 0. The average Bonchev–Trinajstić information content (AvgIpc) is 2.37. The van der Waals surface area contributed by atoms with Crippen molar-refractivity contribution in [2.45, 2.75) is 43.8 Å². The minimum absolute atomic E-state index is 0.0150. The number of sulfone groups is 1. The van der Waals surface area contributed by atoms with Crippen LogP contribution in [0.4, 0.5) is 5.69 Å². The molecule has 0 aliphatic carbocycles. The molecule has 0 radical (unpaired) electrons. The van der Waals surface area contributed by atoms with Crippen LogP contribution < -0.4 is 11.1 Å². The van der Waals surface area contributed by atoms with Gasteiger partial charge in [-0.2, -0.15) is 0 Å². The van der Waals surface area contributed by atoms with Crippen LogP contribution in [0.3, 0.4) is 0 Å². The van der Waals surface area contributed by atoms with Crippen LogP contribution in [-0.2, 0) is 14.6 Å². The van der Waals surface area contributed by atoms with E-state index in [0.717, 1.165) is 18.4 Å². The van der Waals surface area contributed by atoms with Crippen molar-refractivity contribution in [2.75, 3.05) is 12.3 Å². The largest absolute Gasteiger partial charge is 0.398 e. The maximum atomic E-state index is 12.4. The zero-order chi connectivity index (χ0) is 15.3. The van der Waals surface area contributed by atoms with Gasteiger partial charge < -0.3 is 11.1 Å². The molecule has 112 valence electrons. The number of carbonyl (C=O) groups is 1. The van der Waals surface area contributed by atoms with Crippen LogP contribution in [-0.4, -0.2) is 26.1 Å². The van der Waals surface area contributed by atoms with Crippen molar-refractivity contribution in [3.05, 3.63) is 23.8 Å². The molecule has 0 aliphatic heterocycles. The number of unbranched alkanes of at least 4 members (excludes halogenated alkanes) is 1. The van der Waals surface area contributed by atoms with Gasteiger partial charge in [-0.15, -0.1) is 0 Å². The van der Waals surface area contributed by atoms with Crippen LogP contribution >= 0.6 is 0 Å². The van der Waals surface area contributed by atoms with Gasteiger partial charge in [0, 0.05) is 6.54 Å². The second-order valence-electron chi connectivity index (χ2n) is 4.87. The van der Waals surface area contributed by atoms with Crippen molar-refractivity contribution < 1.29 is 13.2 Å². The number of amides is 1. The fourth-order valence-corrected chi connectivity index (χ4v) is 3.18. The third kappa shape index (κ3) is 3.72. The minimum Gasteiger partial charge on any atom is -0.398 e. The van der Waals surface area contributed by atoms with Gasteiger partial charge in [-0.3, -0.25) is 4.79 Å². The van der Waals surface area contributed by atoms with Crippen molar-refractivity contribution in [2.24, 2.45) is 0 Å². The number of nitrogens with two attached hydrogens (primary N) is 1. The van der Waals surface area contributed by atoms with Gasteiger partial charge in [-0.1, -0.05) is 19.4 Å². The normalized spacial score (nSPS) is 12.9. The Hall–Kier alpha value is -1.56. The highest BCUT2D eigenvalue weighted by molar-refractivity contribution is 7.93. The van der Waals surface area contributed by atoms with Crippen molar-refractivity contribution in [3.8, 4) is 0 Å². The van der Waals surface area contributed by atoms with E-state index in [0.29, 0.717) is 6.54 Å². The maximum Gasteiger partial charge on any atom is 0.238 e. The van der Waals surface area contributed by atoms with Crippen LogP contribution in [0.5, 0.6) is 0 Å². The molecule has 1 unspecified atom stereocenters. The molecule has 1 amide bonds. The molecule has 1 rings (SSSR count). The average molecular weight is 298 g/mol. The van der Waals surface area contributed by atoms with Crippen LogP contribution in [0.15, 0.2) is 23.1 Å². The van der Waals surface area contributed by atoms with E-state index in [1.54, 1.807) is 12.1 Å². The highest BCUT2D eigenvalue weighted by Crippen LogP contribution is 2.23. The van der Waals surface area contributed by atoms with Gasteiger partial charge in [0.25, 0.3) is 0 Å². The Morgan fingerprint density at radius 1 is 1.40 bits per heavy atom. The SMILES string of the molecule is CCCCNC(=O)C(C)S(=O)(=O)c1ccc(C)cc1N. The lowest BCUT2D eigenvalue weighted by molar-refractivity contribution is -0.120. The summed E-state index contributed by atoms with van der Waals surface area (Å²) in [5.74, 6) is -0.488. The van der Waals surface area contributed by atoms with E-state index in [2.05, 4.69) is 5.32 Å². The second kappa shape index (κ2) is 6.74. The first-order valence-corrected chi connectivity index (χ1v) is 8.23. The molecule has 0 spiro atoms. The monoisotopic (exact) mass is 298 g/mol. The molecule has 0 aromatic heterocycles. The topological polar surface area (TPSA) is 89.3 Å². The Labute approximate surface area is 120 Å². The van der Waals surface area contributed by atoms with Gasteiger partial charge in [0.1, 0.15) is 5.25 Å². The van der Waals surface area contributed by atoms with Crippen molar-refractivity contribution >= 4 is 21.4 Å². The Morgan fingerprint density at radius 2 is 2.05 bits per heavy atom. The first kappa shape index (κ1) is 16.5. The number of carbonyl (C=O) groups excluding carboxylic acids is 1. The molecule has 1 aromatic carbocycles. The second-order valence-corrected chi connectivity index (χ2v) is 7.11. The molecule has 0 saturated carbocycles. The fourth-order valence-electron chi connectivity index (χ4n) is 1.79. The summed E-state index contributed by atoms with van der Waals surface area (Å²) < 4.78 is 24.8. The number of benzene rings is 1. The summed E-state index contributed by atoms with van der Waals surface area (Å²) in [6.07, 6.45) is 1.76. The molecule has 0 fully saturated rings. The van der Waals surface area contributed by atoms with E-state index in [1.807, 2.05) is 13.8 Å². The van der Waals surface area contributed by atoms with E-state index >= 15 is 0 Å². The smallest absolute Gasteiger partial charge is 0.238 e. The highest BCUT2D eigenvalue weighted by atomic mass is 32.2. The number of rotatable bonds is 6. The molecule has 1 atom stereocenters. The Kier molecular flexibility index (Phi) is 5.56. The van der Waals surface area contributed by atoms with E-state index in [-0.39, 0.29) is 10.6 Å². The molecular weight excluding hydrogens is 276 g/mol. The molecule has 20 heavy (non-hydrogen) atoms. The Balaban J connectivity index is 2.95. The molecule has 0 saturated heterocycles. The van der Waals surface area contributed by atoms with Gasteiger partial charge >= 0.3 is 0 Å². The van der Waals surface area contributed by atoms with Crippen LogP contribution in [0, 0.1) is 6.92 Å². The molecule has 1 aromatic rings. The third-order valence-electron chi connectivity index (χ3n) is 3.14. The third-order valence-corrected chi connectivity index (χ3v) is 5.27. The molecule has 0 bridgehead atoms. The molecule has 0 heterocycles. The Morgan fingerprint density at radius 3 is 2.60 bits per heavy atom. The lowest BCUT2D eigenvalue weighted by atomic mass is 10.2. The summed E-state index contributed by atoms with van der Waals surface area (Å²) in [6.45, 7) is 5.70. The molecule has 0 aliphatic rings. The lowest BCUT2D eigenvalue weighted by Crippen LogP contribution is -2.38. The number of hydrogen-bond donors (Lipinski definition) is 2. The zero-order valence-electron chi connectivity index (χ0n) is 12.1. The van der Waals surface area contributed by atoms with Crippen molar-refractivity contribution in [1.82, 2.24) is 5.32 Å². The van der Waals surface area contributed by atoms with E-state index in [1.165, 1.54) is 13.0 Å². The van der Waals surface area contributed by atoms with Crippen molar-refractivity contribution in [3.63, 3.8) is 0 Å². The number of aryl methyl sites for hydroxylation is 1. The van der Waals surface area contributed by atoms with Gasteiger partial charge in [-0.05, 0) is 38.0 Å². The number of nitrogens with one attached hydrogen (secondary N) is 1. The number of hydrogen-bond acceptors (Lipinski definition) is 4. The summed E-state index contributed by atoms with van der Waals surface area (Å²) in [7, 11) is -3.76. The van der Waals surface area contributed by atoms with Crippen LogP contribution in [0.25, 0.3) is 0 Å². The lowest BCUT2D eigenvalue weighted by Gasteiger charge is -2.15. The standard InChI is InChI=1S/C14H22N2O3S/c1-4-5-8-16-14(17)11(3)20(18,19)13-7-6-10(2)9-12(13)15/h6-7,9,11H,4-5,8,15H2,1-3H3,(H,16,17). The highest BCUT2D eigenvalue weighted by Gasteiger charge is 2.30. The summed E-state index contributed by atoms with van der Waals surface area (Å²) in [5, 5.41) is 1.48. The van der Waals surface area contributed by atoms with E-state index in [9.17, 15) is 13.2 Å². The predicted octanol–water partition coefficient (Wildman–Crippen LogP) is 1.66. The van der Waals surface area contributed by atoms with Crippen LogP contribution in [0.2, 0.25) is 0 Å². The molecule has 5 nitrogen and oxygen atoms in total. The fraction of sp³-hybridized carbons (Fsp3) is 0.500. The number of nitrogen functional groups attached to an aromatic ring is 1. The van der Waals surface area contributed by atoms with Gasteiger partial charge in [-0.25, -0.2) is 8.42 Å². The molecule has 6 heteroatoms. The summed E-state index contributed by atoms with van der Waals surface area (Å²) in [5.41, 5.74) is 6.81. The quantitative estimate of drug-likeness (QED) is 0.617. The first-order chi connectivity index (χ1) is 9.30. The summed E-state index contributed by atoms with van der Waals surface area (Å²) in [4.78, 5) is 11.9. The minimum atomic E-state index is -3.76. The molecule has 3 N–H and O–H groups in total. The Bertz CT molecular complexity index is 582.